The molecule has 3 aromatic rings. The van der Waals surface area contributed by atoms with E-state index < -0.39 is 0 Å². The first-order chi connectivity index (χ1) is 15.5. The van der Waals surface area contributed by atoms with Gasteiger partial charge in [0, 0.05) is 27.4 Å². The maximum Gasteiger partial charge on any atom is 0.248 e. The van der Waals surface area contributed by atoms with Gasteiger partial charge < -0.3 is 10.6 Å². The van der Waals surface area contributed by atoms with Crippen LogP contribution in [0.15, 0.2) is 83.8 Å². The number of benzene rings is 3. The molecule has 0 spiro atoms. The highest BCUT2D eigenvalue weighted by Crippen LogP contribution is 2.30. The molecule has 2 N–H and O–H groups in total. The number of hydrogen-bond acceptors (Lipinski definition) is 3. The molecule has 1 atom stereocenters. The maximum atomic E-state index is 12.8. The molecular weight excluding hydrogens is 440 g/mol. The predicted molar refractivity (Wildman–Crippen MR) is 135 cm³/mol. The summed E-state index contributed by atoms with van der Waals surface area (Å²) in [6.07, 6.45) is 3.93. The SMILES string of the molecule is CCC(Sc1cccc(NC(=O)/C=C/c2ccccc2)c1)C(=O)Nc1cccc(Cl)c1C. The first kappa shape index (κ1) is 23.6. The molecule has 0 fully saturated rings. The van der Waals surface area contributed by atoms with Crippen LogP contribution in [-0.2, 0) is 9.59 Å². The lowest BCUT2D eigenvalue weighted by molar-refractivity contribution is -0.115. The van der Waals surface area contributed by atoms with E-state index >= 15 is 0 Å². The van der Waals surface area contributed by atoms with Gasteiger partial charge in [0.2, 0.25) is 11.8 Å². The van der Waals surface area contributed by atoms with Gasteiger partial charge in [0.05, 0.1) is 5.25 Å². The maximum absolute atomic E-state index is 12.8. The third-order valence-electron chi connectivity index (χ3n) is 4.80. The van der Waals surface area contributed by atoms with Gasteiger partial charge in [-0.05, 0) is 60.9 Å². The summed E-state index contributed by atoms with van der Waals surface area (Å²) in [5.74, 6) is -0.291. The quantitative estimate of drug-likeness (QED) is 0.284. The van der Waals surface area contributed by atoms with Crippen LogP contribution < -0.4 is 10.6 Å². The van der Waals surface area contributed by atoms with Crippen molar-refractivity contribution < 1.29 is 9.59 Å². The first-order valence-electron chi connectivity index (χ1n) is 10.3. The lowest BCUT2D eigenvalue weighted by Gasteiger charge is -2.17. The molecule has 0 bridgehead atoms. The number of amides is 2. The van der Waals surface area contributed by atoms with Crippen LogP contribution in [0.1, 0.15) is 24.5 Å². The van der Waals surface area contributed by atoms with Gasteiger partial charge in [-0.1, -0.05) is 61.0 Å². The molecule has 0 heterocycles. The minimum Gasteiger partial charge on any atom is -0.325 e. The van der Waals surface area contributed by atoms with Crippen molar-refractivity contribution in [3.63, 3.8) is 0 Å². The molecule has 0 aliphatic carbocycles. The zero-order chi connectivity index (χ0) is 22.9. The molecule has 0 aliphatic heterocycles. The van der Waals surface area contributed by atoms with Gasteiger partial charge in [0.25, 0.3) is 0 Å². The highest BCUT2D eigenvalue weighted by Gasteiger charge is 2.19. The Morgan fingerprint density at radius 3 is 2.50 bits per heavy atom. The van der Waals surface area contributed by atoms with Crippen molar-refractivity contribution in [1.29, 1.82) is 0 Å². The Balaban J connectivity index is 1.63. The monoisotopic (exact) mass is 464 g/mol. The summed E-state index contributed by atoms with van der Waals surface area (Å²) in [5, 5.41) is 6.19. The largest absolute Gasteiger partial charge is 0.325 e. The number of halogens is 1. The van der Waals surface area contributed by atoms with Crippen LogP contribution in [-0.4, -0.2) is 17.1 Å². The molecule has 1 unspecified atom stereocenters. The van der Waals surface area contributed by atoms with Crippen LogP contribution in [0.5, 0.6) is 0 Å². The van der Waals surface area contributed by atoms with E-state index in [9.17, 15) is 9.59 Å². The Bertz CT molecular complexity index is 1120. The van der Waals surface area contributed by atoms with Gasteiger partial charge in [-0.2, -0.15) is 0 Å². The molecule has 0 saturated carbocycles. The molecule has 6 heteroatoms. The average Bonchev–Trinajstić information content (AvgIpc) is 2.80. The minimum absolute atomic E-state index is 0.0805. The van der Waals surface area contributed by atoms with E-state index in [4.69, 9.17) is 11.6 Å². The summed E-state index contributed by atoms with van der Waals surface area (Å²) < 4.78 is 0. The van der Waals surface area contributed by atoms with Crippen LogP contribution in [0.2, 0.25) is 5.02 Å². The normalized spacial score (nSPS) is 11.8. The van der Waals surface area contributed by atoms with Crippen molar-refractivity contribution in [1.82, 2.24) is 0 Å². The second-order valence-electron chi connectivity index (χ2n) is 7.18. The van der Waals surface area contributed by atoms with E-state index in [1.54, 1.807) is 12.1 Å². The van der Waals surface area contributed by atoms with E-state index in [0.29, 0.717) is 22.8 Å². The van der Waals surface area contributed by atoms with Crippen molar-refractivity contribution in [2.24, 2.45) is 0 Å². The Morgan fingerprint density at radius 2 is 1.75 bits per heavy atom. The van der Waals surface area contributed by atoms with Crippen molar-refractivity contribution >= 4 is 52.6 Å². The van der Waals surface area contributed by atoms with Gasteiger partial charge in [-0.25, -0.2) is 0 Å². The Labute approximate surface area is 198 Å². The number of rotatable bonds is 8. The van der Waals surface area contributed by atoms with E-state index in [1.165, 1.54) is 17.8 Å². The fourth-order valence-electron chi connectivity index (χ4n) is 3.01. The zero-order valence-corrected chi connectivity index (χ0v) is 19.5. The third-order valence-corrected chi connectivity index (χ3v) is 6.56. The van der Waals surface area contributed by atoms with Gasteiger partial charge >= 0.3 is 0 Å². The highest BCUT2D eigenvalue weighted by molar-refractivity contribution is 8.00. The lowest BCUT2D eigenvalue weighted by Crippen LogP contribution is -2.25. The Morgan fingerprint density at radius 1 is 1.00 bits per heavy atom. The van der Waals surface area contributed by atoms with Crippen molar-refractivity contribution in [3.8, 4) is 0 Å². The summed E-state index contributed by atoms with van der Waals surface area (Å²) >= 11 is 7.62. The summed E-state index contributed by atoms with van der Waals surface area (Å²) in [4.78, 5) is 26.0. The molecule has 3 rings (SSSR count). The zero-order valence-electron chi connectivity index (χ0n) is 18.0. The van der Waals surface area contributed by atoms with Crippen LogP contribution in [0.3, 0.4) is 0 Å². The smallest absolute Gasteiger partial charge is 0.248 e. The van der Waals surface area contributed by atoms with E-state index in [-0.39, 0.29) is 17.1 Å². The lowest BCUT2D eigenvalue weighted by atomic mass is 10.2. The molecule has 0 aromatic heterocycles. The summed E-state index contributed by atoms with van der Waals surface area (Å²) in [6.45, 7) is 3.85. The molecule has 0 radical (unpaired) electrons. The molecule has 3 aromatic carbocycles. The van der Waals surface area contributed by atoms with Crippen LogP contribution in [0.4, 0.5) is 11.4 Å². The van der Waals surface area contributed by atoms with E-state index in [1.807, 2.05) is 80.6 Å². The predicted octanol–water partition coefficient (Wildman–Crippen LogP) is 6.81. The third kappa shape index (κ3) is 6.74. The first-order valence-corrected chi connectivity index (χ1v) is 11.6. The Hall–Kier alpha value is -3.02. The van der Waals surface area contributed by atoms with Gasteiger partial charge in [0.1, 0.15) is 0 Å². The van der Waals surface area contributed by atoms with Gasteiger partial charge in [-0.3, -0.25) is 9.59 Å². The van der Waals surface area contributed by atoms with E-state index in [0.717, 1.165) is 16.0 Å². The van der Waals surface area contributed by atoms with Crippen molar-refractivity contribution in [2.75, 3.05) is 10.6 Å². The second kappa shape index (κ2) is 11.6. The summed E-state index contributed by atoms with van der Waals surface area (Å²) in [7, 11) is 0. The number of hydrogen-bond donors (Lipinski definition) is 2. The molecule has 0 aliphatic rings. The standard InChI is InChI=1S/C26H25ClN2O2S/c1-3-24(26(31)29-23-14-8-13-22(27)18(23)2)32-21-12-7-11-20(17-21)28-25(30)16-15-19-9-5-4-6-10-19/h4-17,24H,3H2,1-2H3,(H,28,30)(H,29,31)/b16-15+. The van der Waals surface area contributed by atoms with Gasteiger partial charge in [-0.15, -0.1) is 11.8 Å². The molecule has 4 nitrogen and oxygen atoms in total. The second-order valence-corrected chi connectivity index (χ2v) is 8.86. The van der Waals surface area contributed by atoms with Crippen LogP contribution >= 0.6 is 23.4 Å². The van der Waals surface area contributed by atoms with Crippen LogP contribution in [0.25, 0.3) is 6.08 Å². The molecule has 0 saturated heterocycles. The number of nitrogens with one attached hydrogen (secondary N) is 2. The van der Waals surface area contributed by atoms with Crippen molar-refractivity contribution in [2.45, 2.75) is 30.4 Å². The fourth-order valence-corrected chi connectivity index (χ4v) is 4.20. The molecule has 164 valence electrons. The Kier molecular flexibility index (Phi) is 8.54. The van der Waals surface area contributed by atoms with Gasteiger partial charge in [0.15, 0.2) is 0 Å². The molecule has 32 heavy (non-hydrogen) atoms. The van der Waals surface area contributed by atoms with E-state index in [2.05, 4.69) is 10.6 Å². The van der Waals surface area contributed by atoms with Crippen molar-refractivity contribution in [3.05, 3.63) is 95.0 Å². The average molecular weight is 465 g/mol. The molecular formula is C26H25ClN2O2S. The number of carbonyl (C=O) groups excluding carboxylic acids is 2. The summed E-state index contributed by atoms with van der Waals surface area (Å²) in [5.41, 5.74) is 3.20. The summed E-state index contributed by atoms with van der Waals surface area (Å²) in [6, 6.07) is 22.6. The molecule has 2 amide bonds. The minimum atomic E-state index is -0.280. The number of anilines is 2. The topological polar surface area (TPSA) is 58.2 Å². The number of thioether (sulfide) groups is 1. The van der Waals surface area contributed by atoms with Crippen LogP contribution in [0, 0.1) is 6.92 Å². The number of carbonyl (C=O) groups is 2. The highest BCUT2D eigenvalue weighted by atomic mass is 35.5. The fraction of sp³-hybridized carbons (Fsp3) is 0.154.